The third kappa shape index (κ3) is 4.34. The van der Waals surface area contributed by atoms with Gasteiger partial charge in [0.25, 0.3) is 15.5 Å². The molecule has 0 aliphatic carbocycles. The monoisotopic (exact) mass is 408 g/mol. The zero-order chi connectivity index (χ0) is 20.4. The number of nitrogens with zero attached hydrogens (tertiary/aromatic N) is 1. The number of rotatable bonds is 6. The molecule has 12 heteroatoms. The van der Waals surface area contributed by atoms with Gasteiger partial charge in [-0.05, 0) is 18.2 Å². The van der Waals surface area contributed by atoms with Crippen LogP contribution in [-0.2, 0) is 9.84 Å². The lowest BCUT2D eigenvalue weighted by Gasteiger charge is -2.14. The molecule has 0 saturated carbocycles. The fourth-order valence-corrected chi connectivity index (χ4v) is 2.96. The first-order chi connectivity index (χ1) is 12.4. The van der Waals surface area contributed by atoms with Crippen LogP contribution in [0.3, 0.4) is 0 Å². The highest BCUT2D eigenvalue weighted by atomic mass is 32.2. The number of alkyl halides is 3. The van der Waals surface area contributed by atoms with Crippen LogP contribution < -0.4 is 5.32 Å². The Balaban J connectivity index is 2.30. The molecule has 27 heavy (non-hydrogen) atoms. The van der Waals surface area contributed by atoms with Crippen molar-refractivity contribution in [3.63, 3.8) is 0 Å². The Kier molecular flexibility index (Phi) is 5.70. The van der Waals surface area contributed by atoms with Crippen LogP contribution in [0.1, 0.15) is 11.7 Å². The van der Waals surface area contributed by atoms with Crippen molar-refractivity contribution >= 4 is 21.2 Å². The van der Waals surface area contributed by atoms with Crippen LogP contribution in [0.5, 0.6) is 0 Å². The zero-order valence-electron chi connectivity index (χ0n) is 13.3. The molecule has 0 bridgehead atoms. The molecule has 0 radical (unpaired) electrons. The van der Waals surface area contributed by atoms with Crippen LogP contribution >= 0.6 is 0 Å². The molecule has 0 amide bonds. The van der Waals surface area contributed by atoms with Crippen molar-refractivity contribution in [3.05, 3.63) is 64.0 Å². The van der Waals surface area contributed by atoms with Crippen molar-refractivity contribution in [3.8, 4) is 0 Å². The Morgan fingerprint density at radius 1 is 1.19 bits per heavy atom. The molecule has 146 valence electrons. The molecule has 0 spiro atoms. The van der Waals surface area contributed by atoms with E-state index in [1.54, 1.807) is 0 Å². The first kappa shape index (κ1) is 20.6. The summed E-state index contributed by atoms with van der Waals surface area (Å²) in [7, 11) is -5.76. The van der Waals surface area contributed by atoms with Gasteiger partial charge in [0.2, 0.25) is 0 Å². The highest BCUT2D eigenvalue weighted by Crippen LogP contribution is 2.35. The van der Waals surface area contributed by atoms with Gasteiger partial charge in [-0.1, -0.05) is 18.2 Å². The highest BCUT2D eigenvalue weighted by molar-refractivity contribution is 7.92. The number of benzene rings is 2. The van der Waals surface area contributed by atoms with E-state index in [0.29, 0.717) is 6.07 Å². The van der Waals surface area contributed by atoms with E-state index < -0.39 is 49.3 Å². The molecule has 0 fully saturated rings. The number of nitrogens with one attached hydrogen (secondary N) is 1. The third-order valence-corrected chi connectivity index (χ3v) is 5.01. The van der Waals surface area contributed by atoms with Crippen LogP contribution in [-0.4, -0.2) is 30.5 Å². The topological polar surface area (TPSA) is 110 Å². The number of hydrogen-bond donors (Lipinski definition) is 2. The van der Waals surface area contributed by atoms with Crippen molar-refractivity contribution in [2.24, 2.45) is 0 Å². The zero-order valence-corrected chi connectivity index (χ0v) is 14.1. The molecule has 7 nitrogen and oxygen atoms in total. The van der Waals surface area contributed by atoms with Crippen molar-refractivity contribution in [1.82, 2.24) is 0 Å². The number of aliphatic hydroxyl groups excluding tert-OH is 1. The fraction of sp³-hybridized carbons (Fsp3) is 0.200. The Bertz CT molecular complexity index is 963. The Morgan fingerprint density at radius 3 is 2.37 bits per heavy atom. The van der Waals surface area contributed by atoms with Crippen LogP contribution in [0.2, 0.25) is 0 Å². The van der Waals surface area contributed by atoms with Crippen molar-refractivity contribution in [2.45, 2.75) is 16.5 Å². The Labute approximate surface area is 150 Å². The van der Waals surface area contributed by atoms with Crippen LogP contribution in [0.15, 0.2) is 47.4 Å². The van der Waals surface area contributed by atoms with Crippen LogP contribution in [0.4, 0.5) is 28.9 Å². The SMILES string of the molecule is O=[N+]([O-])c1cc(S(=O)(=O)C(F)(F)F)ccc1NC[C@@H](O)c1ccccc1F. The van der Waals surface area contributed by atoms with E-state index in [1.807, 2.05) is 0 Å². The summed E-state index contributed by atoms with van der Waals surface area (Å²) in [5, 5.41) is 23.5. The van der Waals surface area contributed by atoms with Gasteiger partial charge in [0.15, 0.2) is 0 Å². The number of halogens is 4. The first-order valence-corrected chi connectivity index (χ1v) is 8.69. The lowest BCUT2D eigenvalue weighted by molar-refractivity contribution is -0.384. The van der Waals surface area contributed by atoms with E-state index in [9.17, 15) is 41.2 Å². The summed E-state index contributed by atoms with van der Waals surface area (Å²) < 4.78 is 74.1. The van der Waals surface area contributed by atoms with Crippen molar-refractivity contribution < 1.29 is 36.0 Å². The summed E-state index contributed by atoms with van der Waals surface area (Å²) in [5.41, 5.74) is -6.99. The second-order valence-electron chi connectivity index (χ2n) is 5.30. The van der Waals surface area contributed by atoms with Crippen molar-refractivity contribution in [1.29, 1.82) is 0 Å². The second kappa shape index (κ2) is 7.48. The second-order valence-corrected chi connectivity index (χ2v) is 7.24. The van der Waals surface area contributed by atoms with E-state index in [2.05, 4.69) is 5.32 Å². The largest absolute Gasteiger partial charge is 0.501 e. The van der Waals surface area contributed by atoms with Gasteiger partial charge in [-0.15, -0.1) is 0 Å². The highest BCUT2D eigenvalue weighted by Gasteiger charge is 2.47. The van der Waals surface area contributed by atoms with E-state index in [1.165, 1.54) is 18.2 Å². The molecular formula is C15H12F4N2O5S. The predicted octanol–water partition coefficient (Wildman–Crippen LogP) is 3.17. The minimum Gasteiger partial charge on any atom is -0.386 e. The molecular weight excluding hydrogens is 396 g/mol. The average Bonchev–Trinajstić information content (AvgIpc) is 2.58. The summed E-state index contributed by atoms with van der Waals surface area (Å²) in [5.74, 6) is -0.715. The standard InChI is InChI=1S/C15H12F4N2O5S/c16-11-4-2-1-3-10(11)14(22)8-20-12-6-5-9(7-13(12)21(23)24)27(25,26)15(17,18)19/h1-7,14,20,22H,8H2/t14-/m1/s1. The number of nitro benzene ring substituents is 1. The lowest BCUT2D eigenvalue weighted by atomic mass is 10.1. The van der Waals surface area contributed by atoms with E-state index in [0.717, 1.165) is 12.1 Å². The number of hydrogen-bond acceptors (Lipinski definition) is 6. The molecule has 2 N–H and O–H groups in total. The molecule has 0 aliphatic rings. The van der Waals surface area contributed by atoms with Gasteiger partial charge in [0.05, 0.1) is 15.9 Å². The molecule has 2 aromatic rings. The Morgan fingerprint density at radius 2 is 1.81 bits per heavy atom. The van der Waals surface area contributed by atoms with Gasteiger partial charge in [-0.25, -0.2) is 12.8 Å². The number of sulfone groups is 1. The Hall–Kier alpha value is -2.73. The predicted molar refractivity (Wildman–Crippen MR) is 86.2 cm³/mol. The molecule has 2 aromatic carbocycles. The number of anilines is 1. The smallest absolute Gasteiger partial charge is 0.386 e. The molecule has 0 aliphatic heterocycles. The molecule has 0 heterocycles. The van der Waals surface area contributed by atoms with Gasteiger partial charge in [-0.3, -0.25) is 10.1 Å². The maximum atomic E-state index is 13.6. The number of aliphatic hydroxyl groups is 1. The van der Waals surface area contributed by atoms with Gasteiger partial charge >= 0.3 is 5.51 Å². The molecule has 0 saturated heterocycles. The van der Waals surface area contributed by atoms with E-state index in [4.69, 9.17) is 0 Å². The van der Waals surface area contributed by atoms with Crippen LogP contribution in [0, 0.1) is 15.9 Å². The van der Waals surface area contributed by atoms with E-state index >= 15 is 0 Å². The summed E-state index contributed by atoms with van der Waals surface area (Å²) in [4.78, 5) is 8.72. The fourth-order valence-electron chi connectivity index (χ4n) is 2.17. The van der Waals surface area contributed by atoms with E-state index in [-0.39, 0.29) is 17.3 Å². The summed E-state index contributed by atoms with van der Waals surface area (Å²) in [6, 6.07) is 6.82. The molecule has 1 atom stereocenters. The first-order valence-electron chi connectivity index (χ1n) is 7.21. The molecule has 0 aromatic heterocycles. The normalized spacial score (nSPS) is 13.2. The van der Waals surface area contributed by atoms with Crippen LogP contribution in [0.25, 0.3) is 0 Å². The van der Waals surface area contributed by atoms with Gasteiger partial charge in [-0.2, -0.15) is 13.2 Å². The number of nitro groups is 1. The maximum absolute atomic E-state index is 13.6. The molecule has 2 rings (SSSR count). The minimum atomic E-state index is -5.76. The van der Waals surface area contributed by atoms with Gasteiger partial charge < -0.3 is 10.4 Å². The van der Waals surface area contributed by atoms with Crippen molar-refractivity contribution in [2.75, 3.05) is 11.9 Å². The summed E-state index contributed by atoms with van der Waals surface area (Å²) in [6.45, 7) is -0.410. The quantitative estimate of drug-likeness (QED) is 0.432. The molecule has 0 unspecified atom stereocenters. The lowest BCUT2D eigenvalue weighted by Crippen LogP contribution is -2.23. The third-order valence-electron chi connectivity index (χ3n) is 3.53. The van der Waals surface area contributed by atoms with Gasteiger partial charge in [0.1, 0.15) is 11.5 Å². The average molecular weight is 408 g/mol. The summed E-state index contributed by atoms with van der Waals surface area (Å²) in [6.07, 6.45) is -1.41. The minimum absolute atomic E-state index is 0.0936. The maximum Gasteiger partial charge on any atom is 0.501 e. The van der Waals surface area contributed by atoms with Gasteiger partial charge in [0, 0.05) is 18.2 Å². The summed E-state index contributed by atoms with van der Waals surface area (Å²) >= 11 is 0.